The molecule has 0 fully saturated rings. The molecule has 2 N–H and O–H groups in total. The van der Waals surface area contributed by atoms with Gasteiger partial charge in [0.1, 0.15) is 6.61 Å². The third-order valence-corrected chi connectivity index (χ3v) is 5.12. The Kier molecular flexibility index (Phi) is 4.84. The van der Waals surface area contributed by atoms with Crippen LogP contribution in [0.2, 0.25) is 5.02 Å². The van der Waals surface area contributed by atoms with Crippen LogP contribution in [0, 0.1) is 0 Å². The highest BCUT2D eigenvalue weighted by Crippen LogP contribution is 2.44. The number of rotatable bonds is 4. The monoisotopic (exact) mass is 379 g/mol. The molecule has 0 atom stereocenters. The Morgan fingerprint density at radius 2 is 1.63 bits per heavy atom. The van der Waals surface area contributed by atoms with Crippen molar-refractivity contribution in [3.8, 4) is 11.1 Å². The van der Waals surface area contributed by atoms with Crippen molar-refractivity contribution >= 4 is 23.4 Å². The van der Waals surface area contributed by atoms with Gasteiger partial charge in [0.05, 0.1) is 17.3 Å². The highest BCUT2D eigenvalue weighted by Gasteiger charge is 2.29. The van der Waals surface area contributed by atoms with Crippen LogP contribution < -0.4 is 5.32 Å². The highest BCUT2D eigenvalue weighted by molar-refractivity contribution is 6.33. The van der Waals surface area contributed by atoms with Gasteiger partial charge in [0, 0.05) is 5.92 Å². The van der Waals surface area contributed by atoms with E-state index in [0.29, 0.717) is 16.3 Å². The van der Waals surface area contributed by atoms with Crippen LogP contribution in [0.1, 0.15) is 22.6 Å². The van der Waals surface area contributed by atoms with E-state index in [0.717, 1.165) is 11.1 Å². The fourth-order valence-electron chi connectivity index (χ4n) is 3.51. The molecule has 3 aromatic rings. The predicted octanol–water partition coefficient (Wildman–Crippen LogP) is 5.19. The van der Waals surface area contributed by atoms with Crippen molar-refractivity contribution in [1.29, 1.82) is 0 Å². The number of nitrogens with one attached hydrogen (secondary N) is 1. The van der Waals surface area contributed by atoms with E-state index < -0.39 is 6.09 Å². The number of aliphatic hydroxyl groups excluding tert-OH is 1. The molecular formula is C22H18ClNO3. The van der Waals surface area contributed by atoms with Gasteiger partial charge in [0.25, 0.3) is 0 Å². The molecule has 1 amide bonds. The lowest BCUT2D eigenvalue weighted by atomic mass is 9.98. The smallest absolute Gasteiger partial charge is 0.411 e. The maximum absolute atomic E-state index is 12.3. The summed E-state index contributed by atoms with van der Waals surface area (Å²) in [6, 6.07) is 21.3. The van der Waals surface area contributed by atoms with E-state index in [1.165, 1.54) is 11.1 Å². The van der Waals surface area contributed by atoms with Crippen LogP contribution in [0.3, 0.4) is 0 Å². The van der Waals surface area contributed by atoms with E-state index in [-0.39, 0.29) is 19.1 Å². The van der Waals surface area contributed by atoms with Crippen LogP contribution in [0.4, 0.5) is 10.5 Å². The van der Waals surface area contributed by atoms with E-state index in [9.17, 15) is 9.90 Å². The van der Waals surface area contributed by atoms with Gasteiger partial charge in [-0.05, 0) is 39.9 Å². The summed E-state index contributed by atoms with van der Waals surface area (Å²) in [5.41, 5.74) is 5.76. The Hall–Kier alpha value is -2.82. The van der Waals surface area contributed by atoms with E-state index in [2.05, 4.69) is 29.6 Å². The number of carbonyl (C=O) groups is 1. The Morgan fingerprint density at radius 1 is 1.00 bits per heavy atom. The minimum atomic E-state index is -0.575. The summed E-state index contributed by atoms with van der Waals surface area (Å²) < 4.78 is 5.50. The molecule has 5 heteroatoms. The molecule has 4 rings (SSSR count). The zero-order valence-corrected chi connectivity index (χ0v) is 15.2. The van der Waals surface area contributed by atoms with Crippen molar-refractivity contribution < 1.29 is 14.6 Å². The van der Waals surface area contributed by atoms with E-state index >= 15 is 0 Å². The summed E-state index contributed by atoms with van der Waals surface area (Å²) in [6.07, 6.45) is -0.575. The van der Waals surface area contributed by atoms with E-state index in [4.69, 9.17) is 16.3 Å². The molecule has 0 aliphatic heterocycles. The average molecular weight is 380 g/mol. The molecule has 136 valence electrons. The largest absolute Gasteiger partial charge is 0.448 e. The molecule has 0 unspecified atom stereocenters. The minimum absolute atomic E-state index is 0.00222. The van der Waals surface area contributed by atoms with Crippen LogP contribution in [-0.4, -0.2) is 17.8 Å². The number of aliphatic hydroxyl groups is 1. The normalized spacial score (nSPS) is 12.4. The number of fused-ring (bicyclic) bond motifs is 3. The van der Waals surface area contributed by atoms with Crippen LogP contribution >= 0.6 is 11.6 Å². The molecule has 1 aliphatic carbocycles. The molecule has 1 aliphatic rings. The van der Waals surface area contributed by atoms with Crippen molar-refractivity contribution in [2.75, 3.05) is 11.9 Å². The molecule has 0 saturated heterocycles. The molecule has 4 nitrogen and oxygen atoms in total. The van der Waals surface area contributed by atoms with Crippen molar-refractivity contribution in [2.45, 2.75) is 12.5 Å². The summed E-state index contributed by atoms with van der Waals surface area (Å²) in [7, 11) is 0. The summed E-state index contributed by atoms with van der Waals surface area (Å²) in [5, 5.41) is 12.3. The van der Waals surface area contributed by atoms with Gasteiger partial charge in [-0.2, -0.15) is 0 Å². The maximum Gasteiger partial charge on any atom is 0.411 e. The lowest BCUT2D eigenvalue weighted by Gasteiger charge is -2.15. The van der Waals surface area contributed by atoms with Gasteiger partial charge in [-0.1, -0.05) is 66.2 Å². The van der Waals surface area contributed by atoms with E-state index in [1.807, 2.05) is 24.3 Å². The Bertz CT molecular complexity index is 957. The van der Waals surface area contributed by atoms with Crippen molar-refractivity contribution in [1.82, 2.24) is 0 Å². The van der Waals surface area contributed by atoms with Gasteiger partial charge < -0.3 is 9.84 Å². The zero-order valence-electron chi connectivity index (χ0n) is 14.5. The Labute approximate surface area is 162 Å². The number of hydrogen-bond acceptors (Lipinski definition) is 3. The number of hydrogen-bond donors (Lipinski definition) is 2. The van der Waals surface area contributed by atoms with Crippen molar-refractivity contribution in [2.24, 2.45) is 0 Å². The second-order valence-corrected chi connectivity index (χ2v) is 6.83. The quantitative estimate of drug-likeness (QED) is 0.655. The first kappa shape index (κ1) is 17.6. The van der Waals surface area contributed by atoms with Gasteiger partial charge in [0.2, 0.25) is 0 Å². The fraction of sp³-hybridized carbons (Fsp3) is 0.136. The van der Waals surface area contributed by atoms with Crippen LogP contribution in [0.15, 0.2) is 66.7 Å². The maximum atomic E-state index is 12.3. The summed E-state index contributed by atoms with van der Waals surface area (Å²) in [4.78, 5) is 12.3. The van der Waals surface area contributed by atoms with Crippen molar-refractivity contribution in [3.63, 3.8) is 0 Å². The predicted molar refractivity (Wildman–Crippen MR) is 106 cm³/mol. The van der Waals surface area contributed by atoms with Gasteiger partial charge in [-0.3, -0.25) is 5.32 Å². The minimum Gasteiger partial charge on any atom is -0.448 e. The number of carbonyl (C=O) groups excluding carboxylic acids is 1. The molecule has 0 aromatic heterocycles. The first-order chi connectivity index (χ1) is 13.2. The number of anilines is 1. The van der Waals surface area contributed by atoms with Crippen LogP contribution in [0.5, 0.6) is 0 Å². The number of ether oxygens (including phenoxy) is 1. The van der Waals surface area contributed by atoms with Gasteiger partial charge >= 0.3 is 6.09 Å². The number of amides is 1. The zero-order chi connectivity index (χ0) is 18.8. The standard InChI is InChI=1S/C22H18ClNO3/c23-20-10-9-14(12-25)11-21(20)24-22(26)27-13-19-17-7-3-1-5-15(17)16-6-2-4-8-18(16)19/h1-11,19,25H,12-13H2,(H,24,26). The van der Waals surface area contributed by atoms with Crippen molar-refractivity contribution in [3.05, 3.63) is 88.4 Å². The molecule has 0 bridgehead atoms. The second kappa shape index (κ2) is 7.43. The lowest BCUT2D eigenvalue weighted by Crippen LogP contribution is -2.18. The molecule has 27 heavy (non-hydrogen) atoms. The summed E-state index contributed by atoms with van der Waals surface area (Å²) in [6.45, 7) is 0.105. The summed E-state index contributed by atoms with van der Waals surface area (Å²) in [5.74, 6) is 0.00222. The first-order valence-electron chi connectivity index (χ1n) is 8.68. The second-order valence-electron chi connectivity index (χ2n) is 6.42. The summed E-state index contributed by atoms with van der Waals surface area (Å²) >= 11 is 6.11. The van der Waals surface area contributed by atoms with Crippen LogP contribution in [-0.2, 0) is 11.3 Å². The molecule has 3 aromatic carbocycles. The van der Waals surface area contributed by atoms with E-state index in [1.54, 1.807) is 18.2 Å². The van der Waals surface area contributed by atoms with Gasteiger partial charge in [0.15, 0.2) is 0 Å². The number of benzene rings is 3. The topological polar surface area (TPSA) is 58.6 Å². The Balaban J connectivity index is 1.50. The Morgan fingerprint density at radius 3 is 2.26 bits per heavy atom. The average Bonchev–Trinajstić information content (AvgIpc) is 3.02. The lowest BCUT2D eigenvalue weighted by molar-refractivity contribution is 0.158. The molecule has 0 saturated carbocycles. The first-order valence-corrected chi connectivity index (χ1v) is 9.06. The third-order valence-electron chi connectivity index (χ3n) is 4.79. The number of halogens is 1. The fourth-order valence-corrected chi connectivity index (χ4v) is 3.68. The molecular weight excluding hydrogens is 362 g/mol. The van der Waals surface area contributed by atoms with Gasteiger partial charge in [-0.25, -0.2) is 4.79 Å². The third kappa shape index (κ3) is 3.42. The SMILES string of the molecule is O=C(Nc1cc(CO)ccc1Cl)OCC1c2ccccc2-c2ccccc21. The van der Waals surface area contributed by atoms with Gasteiger partial charge in [-0.15, -0.1) is 0 Å². The molecule has 0 heterocycles. The highest BCUT2D eigenvalue weighted by atomic mass is 35.5. The molecule has 0 spiro atoms. The van der Waals surface area contributed by atoms with Crippen LogP contribution in [0.25, 0.3) is 11.1 Å². The molecule has 0 radical (unpaired) electrons.